The fraction of sp³-hybridized carbons (Fsp3) is 0. The molecule has 0 fully saturated rings. The van der Waals surface area contributed by atoms with E-state index in [0.29, 0.717) is 0 Å². The maximum absolute atomic E-state index is 9.12. The van der Waals surface area contributed by atoms with Gasteiger partial charge in [0.25, 0.3) is 0 Å². The number of rotatable bonds is 0. The maximum Gasteiger partial charge on any atom is 0.189 e. The molecule has 1 heterocycles. The molecule has 1 aromatic carbocycles. The fourth-order valence-electron chi connectivity index (χ4n) is 1.29. The molecule has 0 radical (unpaired) electrons. The van der Waals surface area contributed by atoms with E-state index in [4.69, 9.17) is 5.11 Å². The van der Waals surface area contributed by atoms with E-state index in [1.807, 2.05) is 26.0 Å². The zero-order chi connectivity index (χ0) is 7.84. The lowest BCUT2D eigenvalue weighted by Gasteiger charge is -1.92. The average Bonchev–Trinajstić information content (AvgIpc) is 2.31. The monoisotopic (exact) mass is 145 g/mol. The van der Waals surface area contributed by atoms with Crippen LogP contribution in [-0.2, 0) is 0 Å². The Labute approximate surface area is 65.3 Å². The number of H-pyrrole nitrogens is 1. The zero-order valence-electron chi connectivity index (χ0n) is 6.26. The highest BCUT2D eigenvalue weighted by molar-refractivity contribution is 6.38. The first-order valence-electron chi connectivity index (χ1n) is 3.54. The van der Waals surface area contributed by atoms with Gasteiger partial charge in [-0.15, -0.1) is 0 Å². The second kappa shape index (κ2) is 2.05. The van der Waals surface area contributed by atoms with Crippen LogP contribution in [0.4, 0.5) is 0 Å². The van der Waals surface area contributed by atoms with Crippen molar-refractivity contribution in [2.75, 3.05) is 0 Å². The standard InChI is InChI=1S/C8H8BNO/c9-6-3-1-2-5-4-7(11)10-8(5)6/h1-4,10-11H,9H2. The van der Waals surface area contributed by atoms with Crippen molar-refractivity contribution in [3.63, 3.8) is 0 Å². The Morgan fingerprint density at radius 2 is 2.18 bits per heavy atom. The minimum atomic E-state index is 0.231. The number of aromatic amines is 1. The quantitative estimate of drug-likeness (QED) is 0.508. The third-order valence-corrected chi connectivity index (χ3v) is 1.85. The maximum atomic E-state index is 9.12. The first-order valence-corrected chi connectivity index (χ1v) is 3.54. The van der Waals surface area contributed by atoms with Crippen LogP contribution in [0.5, 0.6) is 5.88 Å². The summed E-state index contributed by atoms with van der Waals surface area (Å²) in [5, 5.41) is 10.2. The number of hydrogen-bond acceptors (Lipinski definition) is 1. The molecule has 1 aromatic heterocycles. The van der Waals surface area contributed by atoms with Gasteiger partial charge in [-0.2, -0.15) is 0 Å². The van der Waals surface area contributed by atoms with Gasteiger partial charge >= 0.3 is 0 Å². The molecule has 2 aromatic rings. The Kier molecular flexibility index (Phi) is 1.18. The van der Waals surface area contributed by atoms with Crippen LogP contribution in [0.3, 0.4) is 0 Å². The molecule has 0 aliphatic heterocycles. The van der Waals surface area contributed by atoms with Crippen molar-refractivity contribution in [2.45, 2.75) is 0 Å². The van der Waals surface area contributed by atoms with E-state index >= 15 is 0 Å². The van der Waals surface area contributed by atoms with E-state index in [2.05, 4.69) is 4.98 Å². The molecule has 0 saturated carbocycles. The Hall–Kier alpha value is -1.38. The van der Waals surface area contributed by atoms with E-state index in [0.717, 1.165) is 16.4 Å². The molecule has 0 aliphatic carbocycles. The first kappa shape index (κ1) is 6.34. The van der Waals surface area contributed by atoms with Crippen LogP contribution < -0.4 is 5.46 Å². The van der Waals surface area contributed by atoms with Crippen molar-refractivity contribution >= 4 is 24.2 Å². The van der Waals surface area contributed by atoms with Crippen LogP contribution in [0, 0.1) is 0 Å². The molecular formula is C8H8BNO. The Balaban J connectivity index is 2.90. The number of para-hydroxylation sites is 1. The molecule has 2 nitrogen and oxygen atoms in total. The van der Waals surface area contributed by atoms with Gasteiger partial charge in [-0.05, 0) is 0 Å². The summed E-state index contributed by atoms with van der Waals surface area (Å²) in [6.07, 6.45) is 0. The van der Waals surface area contributed by atoms with Gasteiger partial charge in [-0.3, -0.25) is 0 Å². The fourth-order valence-corrected chi connectivity index (χ4v) is 1.29. The van der Waals surface area contributed by atoms with Crippen LogP contribution in [0.25, 0.3) is 10.9 Å². The molecule has 2 rings (SSSR count). The van der Waals surface area contributed by atoms with Crippen LogP contribution in [0.1, 0.15) is 0 Å². The number of hydrogen-bond donors (Lipinski definition) is 2. The van der Waals surface area contributed by atoms with E-state index in [-0.39, 0.29) is 5.88 Å². The van der Waals surface area contributed by atoms with Crippen molar-refractivity contribution < 1.29 is 5.11 Å². The van der Waals surface area contributed by atoms with E-state index in [9.17, 15) is 0 Å². The molecule has 2 N–H and O–H groups in total. The summed E-state index contributed by atoms with van der Waals surface area (Å²) in [5.41, 5.74) is 2.17. The lowest BCUT2D eigenvalue weighted by Crippen LogP contribution is -2.01. The number of fused-ring (bicyclic) bond motifs is 1. The minimum absolute atomic E-state index is 0.231. The third kappa shape index (κ3) is 0.890. The normalized spacial score (nSPS) is 10.5. The Morgan fingerprint density at radius 3 is 2.91 bits per heavy atom. The molecule has 0 aliphatic rings. The first-order chi connectivity index (χ1) is 5.27. The summed E-state index contributed by atoms with van der Waals surface area (Å²) in [6, 6.07) is 7.68. The molecule has 0 bridgehead atoms. The number of aromatic nitrogens is 1. The van der Waals surface area contributed by atoms with Gasteiger partial charge in [0.2, 0.25) is 0 Å². The molecule has 0 amide bonds. The second-order valence-electron chi connectivity index (χ2n) is 2.69. The number of aromatic hydroxyl groups is 1. The van der Waals surface area contributed by atoms with Gasteiger partial charge in [-0.25, -0.2) is 0 Å². The Morgan fingerprint density at radius 1 is 1.36 bits per heavy atom. The topological polar surface area (TPSA) is 36.0 Å². The summed E-state index contributed by atoms with van der Waals surface area (Å²) in [5.74, 6) is 0.231. The number of benzene rings is 1. The summed E-state index contributed by atoms with van der Waals surface area (Å²) < 4.78 is 0. The summed E-state index contributed by atoms with van der Waals surface area (Å²) in [6.45, 7) is 0. The van der Waals surface area contributed by atoms with E-state index in [1.165, 1.54) is 0 Å². The lowest BCUT2D eigenvalue weighted by atomic mass is 9.94. The van der Waals surface area contributed by atoms with Crippen LogP contribution in [0.2, 0.25) is 0 Å². The molecule has 0 atom stereocenters. The van der Waals surface area contributed by atoms with Gasteiger partial charge < -0.3 is 10.1 Å². The average molecular weight is 145 g/mol. The van der Waals surface area contributed by atoms with Crippen LogP contribution >= 0.6 is 0 Å². The molecule has 0 unspecified atom stereocenters. The predicted octanol–water partition coefficient (Wildman–Crippen LogP) is 0.132. The highest BCUT2D eigenvalue weighted by atomic mass is 16.3. The van der Waals surface area contributed by atoms with Crippen molar-refractivity contribution in [2.24, 2.45) is 0 Å². The highest BCUT2D eigenvalue weighted by Gasteiger charge is 1.99. The third-order valence-electron chi connectivity index (χ3n) is 1.85. The van der Waals surface area contributed by atoms with Crippen molar-refractivity contribution in [1.29, 1.82) is 0 Å². The predicted molar refractivity (Wildman–Crippen MR) is 48.1 cm³/mol. The molecule has 11 heavy (non-hydrogen) atoms. The van der Waals surface area contributed by atoms with E-state index in [1.54, 1.807) is 6.07 Å². The molecule has 0 saturated heterocycles. The van der Waals surface area contributed by atoms with E-state index < -0.39 is 0 Å². The second-order valence-corrected chi connectivity index (χ2v) is 2.69. The highest BCUT2D eigenvalue weighted by Crippen LogP contribution is 2.16. The van der Waals surface area contributed by atoms with Gasteiger partial charge in [0, 0.05) is 17.0 Å². The zero-order valence-corrected chi connectivity index (χ0v) is 6.26. The van der Waals surface area contributed by atoms with Gasteiger partial charge in [0.15, 0.2) is 5.88 Å². The largest absolute Gasteiger partial charge is 0.495 e. The van der Waals surface area contributed by atoms with Crippen LogP contribution in [-0.4, -0.2) is 17.9 Å². The van der Waals surface area contributed by atoms with Crippen molar-refractivity contribution in [3.05, 3.63) is 24.3 Å². The summed E-state index contributed by atoms with van der Waals surface area (Å²) in [7, 11) is 2.01. The molecule has 3 heteroatoms. The van der Waals surface area contributed by atoms with Crippen molar-refractivity contribution in [1.82, 2.24) is 4.98 Å². The van der Waals surface area contributed by atoms with Gasteiger partial charge in [0.05, 0.1) is 0 Å². The molecule has 54 valence electrons. The van der Waals surface area contributed by atoms with Gasteiger partial charge in [0.1, 0.15) is 7.85 Å². The molecule has 0 spiro atoms. The van der Waals surface area contributed by atoms with Crippen molar-refractivity contribution in [3.8, 4) is 5.88 Å². The molecular weight excluding hydrogens is 137 g/mol. The lowest BCUT2D eigenvalue weighted by molar-refractivity contribution is 0.458. The summed E-state index contributed by atoms with van der Waals surface area (Å²) in [4.78, 5) is 2.88. The minimum Gasteiger partial charge on any atom is -0.495 e. The smallest absolute Gasteiger partial charge is 0.189 e. The SMILES string of the molecule is Bc1cccc2cc(O)[nH]c12. The summed E-state index contributed by atoms with van der Waals surface area (Å²) >= 11 is 0. The van der Waals surface area contributed by atoms with Gasteiger partial charge in [-0.1, -0.05) is 23.7 Å². The Bertz CT molecular complexity index is 394. The van der Waals surface area contributed by atoms with Crippen LogP contribution in [0.15, 0.2) is 24.3 Å². The number of nitrogens with one attached hydrogen (secondary N) is 1.